The van der Waals surface area contributed by atoms with E-state index >= 15 is 0 Å². The van der Waals surface area contributed by atoms with Crippen molar-refractivity contribution in [2.75, 3.05) is 5.01 Å². The van der Waals surface area contributed by atoms with Crippen LogP contribution in [0.2, 0.25) is 0 Å². The second-order valence-electron chi connectivity index (χ2n) is 6.69. The number of hydrazone groups is 1. The summed E-state index contributed by atoms with van der Waals surface area (Å²) in [5, 5.41) is 25.8. The first-order valence-corrected chi connectivity index (χ1v) is 9.22. The van der Waals surface area contributed by atoms with Gasteiger partial charge in [0.05, 0.1) is 21.7 Å². The summed E-state index contributed by atoms with van der Waals surface area (Å²) in [6.07, 6.45) is 1.62. The Hall–Kier alpha value is -4.59. The van der Waals surface area contributed by atoms with Crippen LogP contribution in [-0.4, -0.2) is 27.6 Å². The number of anilines is 1. The maximum atomic E-state index is 13.2. The molecule has 0 aliphatic carbocycles. The van der Waals surface area contributed by atoms with Crippen LogP contribution in [-0.2, 0) is 4.79 Å². The highest BCUT2D eigenvalue weighted by Gasteiger charge is 2.32. The second kappa shape index (κ2) is 8.03. The molecular weight excluding hydrogens is 398 g/mol. The molecule has 1 heterocycles. The summed E-state index contributed by atoms with van der Waals surface area (Å²) in [7, 11) is 0. The number of carbonyl (C=O) groups is 2. The lowest BCUT2D eigenvalue weighted by Gasteiger charge is -2.11. The Kier molecular flexibility index (Phi) is 5.11. The van der Waals surface area contributed by atoms with E-state index in [1.54, 1.807) is 24.3 Å². The zero-order valence-electron chi connectivity index (χ0n) is 16.0. The number of nitrogens with zero attached hydrogens (tertiary/aromatic N) is 3. The summed E-state index contributed by atoms with van der Waals surface area (Å²) in [6, 6.07) is 20.9. The molecule has 1 N–H and O–H groups in total. The Morgan fingerprint density at radius 1 is 1.00 bits per heavy atom. The van der Waals surface area contributed by atoms with Gasteiger partial charge in [-0.1, -0.05) is 48.5 Å². The van der Waals surface area contributed by atoms with Gasteiger partial charge in [-0.25, -0.2) is 4.79 Å². The lowest BCUT2D eigenvalue weighted by Crippen LogP contribution is -2.21. The Bertz CT molecular complexity index is 1250. The molecule has 1 aliphatic heterocycles. The summed E-state index contributed by atoms with van der Waals surface area (Å²) < 4.78 is 0. The van der Waals surface area contributed by atoms with Gasteiger partial charge in [0.1, 0.15) is 5.71 Å². The fourth-order valence-corrected chi connectivity index (χ4v) is 3.16. The summed E-state index contributed by atoms with van der Waals surface area (Å²) in [5.41, 5.74) is 2.30. The van der Waals surface area contributed by atoms with Gasteiger partial charge >= 0.3 is 5.97 Å². The number of nitro groups is 1. The van der Waals surface area contributed by atoms with Gasteiger partial charge in [0.25, 0.3) is 11.6 Å². The highest BCUT2D eigenvalue weighted by molar-refractivity contribution is 6.37. The minimum Gasteiger partial charge on any atom is -0.478 e. The van der Waals surface area contributed by atoms with Crippen molar-refractivity contribution in [1.29, 1.82) is 0 Å². The van der Waals surface area contributed by atoms with E-state index in [1.165, 1.54) is 30.3 Å². The molecule has 0 unspecified atom stereocenters. The van der Waals surface area contributed by atoms with Crippen LogP contribution in [0.15, 0.2) is 89.5 Å². The van der Waals surface area contributed by atoms with Crippen LogP contribution in [0.3, 0.4) is 0 Å². The molecule has 0 saturated heterocycles. The van der Waals surface area contributed by atoms with Gasteiger partial charge in [-0.3, -0.25) is 14.9 Å². The number of benzene rings is 3. The molecule has 0 spiro atoms. The van der Waals surface area contributed by atoms with E-state index in [0.29, 0.717) is 22.4 Å². The van der Waals surface area contributed by atoms with Crippen LogP contribution in [0.25, 0.3) is 6.08 Å². The van der Waals surface area contributed by atoms with Gasteiger partial charge in [0, 0.05) is 17.7 Å². The van der Waals surface area contributed by atoms with E-state index in [-0.39, 0.29) is 16.9 Å². The third-order valence-corrected chi connectivity index (χ3v) is 4.68. The molecule has 3 aromatic carbocycles. The summed E-state index contributed by atoms with van der Waals surface area (Å²) in [5.74, 6) is -1.49. The Balaban J connectivity index is 1.79. The molecule has 8 heteroatoms. The number of amides is 1. The van der Waals surface area contributed by atoms with Crippen molar-refractivity contribution >= 4 is 35.0 Å². The lowest BCUT2D eigenvalue weighted by molar-refractivity contribution is -0.384. The van der Waals surface area contributed by atoms with Crippen molar-refractivity contribution in [3.8, 4) is 0 Å². The van der Waals surface area contributed by atoms with Gasteiger partial charge in [0.2, 0.25) is 0 Å². The van der Waals surface area contributed by atoms with Gasteiger partial charge in [-0.15, -0.1) is 0 Å². The smallest absolute Gasteiger partial charge is 0.335 e. The molecule has 1 amide bonds. The third kappa shape index (κ3) is 3.95. The molecule has 31 heavy (non-hydrogen) atoms. The van der Waals surface area contributed by atoms with E-state index in [1.807, 2.05) is 30.3 Å². The van der Waals surface area contributed by atoms with Crippen molar-refractivity contribution in [2.24, 2.45) is 5.10 Å². The molecule has 8 nitrogen and oxygen atoms in total. The van der Waals surface area contributed by atoms with Gasteiger partial charge in [-0.05, 0) is 29.8 Å². The zero-order chi connectivity index (χ0) is 22.0. The normalized spacial score (nSPS) is 14.6. The van der Waals surface area contributed by atoms with E-state index in [2.05, 4.69) is 5.10 Å². The van der Waals surface area contributed by atoms with Crippen molar-refractivity contribution in [1.82, 2.24) is 0 Å². The fraction of sp³-hybridized carbons (Fsp3) is 0. The molecule has 0 aromatic heterocycles. The SMILES string of the molecule is O=C(O)c1ccc(/C=C2\C(=O)N(c3cccc([N+](=O)[O-])c3)N=C2c2ccccc2)cc1. The molecule has 0 atom stereocenters. The van der Waals surface area contributed by atoms with E-state index < -0.39 is 16.8 Å². The minimum atomic E-state index is -1.04. The molecule has 3 aromatic rings. The van der Waals surface area contributed by atoms with Crippen molar-refractivity contribution in [3.05, 3.63) is 111 Å². The van der Waals surface area contributed by atoms with Gasteiger partial charge in [-0.2, -0.15) is 10.1 Å². The molecule has 0 saturated carbocycles. The minimum absolute atomic E-state index is 0.134. The van der Waals surface area contributed by atoms with Crippen LogP contribution in [0.1, 0.15) is 21.5 Å². The summed E-state index contributed by atoms with van der Waals surface area (Å²) >= 11 is 0. The largest absolute Gasteiger partial charge is 0.478 e. The number of aromatic carboxylic acids is 1. The Labute approximate surface area is 176 Å². The topological polar surface area (TPSA) is 113 Å². The number of hydrogen-bond donors (Lipinski definition) is 1. The Morgan fingerprint density at radius 2 is 1.71 bits per heavy atom. The number of rotatable bonds is 5. The van der Waals surface area contributed by atoms with Gasteiger partial charge in [0.15, 0.2) is 0 Å². The van der Waals surface area contributed by atoms with Crippen LogP contribution in [0.5, 0.6) is 0 Å². The molecule has 1 aliphatic rings. The maximum absolute atomic E-state index is 13.2. The summed E-state index contributed by atoms with van der Waals surface area (Å²) in [6.45, 7) is 0. The van der Waals surface area contributed by atoms with Crippen LogP contribution in [0.4, 0.5) is 11.4 Å². The first-order valence-electron chi connectivity index (χ1n) is 9.22. The number of non-ortho nitro benzene ring substituents is 1. The first-order chi connectivity index (χ1) is 14.9. The first kappa shape index (κ1) is 19.7. The van der Waals surface area contributed by atoms with E-state index in [4.69, 9.17) is 5.11 Å². The second-order valence-corrected chi connectivity index (χ2v) is 6.69. The van der Waals surface area contributed by atoms with Gasteiger partial charge < -0.3 is 5.11 Å². The van der Waals surface area contributed by atoms with Crippen molar-refractivity contribution in [3.63, 3.8) is 0 Å². The summed E-state index contributed by atoms with van der Waals surface area (Å²) in [4.78, 5) is 34.9. The average Bonchev–Trinajstić information content (AvgIpc) is 3.11. The van der Waals surface area contributed by atoms with Crippen molar-refractivity contribution in [2.45, 2.75) is 0 Å². The molecule has 0 bridgehead atoms. The standard InChI is InChI=1S/C23H15N3O5/c27-22-20(13-15-9-11-17(12-10-15)23(28)29)21(16-5-2-1-3-6-16)24-25(22)18-7-4-8-19(14-18)26(30)31/h1-14H,(H,28,29)/b20-13-. The highest BCUT2D eigenvalue weighted by Crippen LogP contribution is 2.29. The number of carboxylic acid groups (broad SMARTS) is 1. The molecular formula is C23H15N3O5. The lowest BCUT2D eigenvalue weighted by atomic mass is 10.00. The molecule has 152 valence electrons. The number of hydrogen-bond acceptors (Lipinski definition) is 5. The quantitative estimate of drug-likeness (QED) is 0.384. The van der Waals surface area contributed by atoms with E-state index in [9.17, 15) is 19.7 Å². The predicted octanol–water partition coefficient (Wildman–Crippen LogP) is 4.13. The van der Waals surface area contributed by atoms with E-state index in [0.717, 1.165) is 5.01 Å². The highest BCUT2D eigenvalue weighted by atomic mass is 16.6. The molecule has 4 rings (SSSR count). The van der Waals surface area contributed by atoms with Crippen LogP contribution in [0, 0.1) is 10.1 Å². The molecule has 0 fully saturated rings. The number of carboxylic acids is 1. The fourth-order valence-electron chi connectivity index (χ4n) is 3.16. The van der Waals surface area contributed by atoms with Crippen molar-refractivity contribution < 1.29 is 19.6 Å². The third-order valence-electron chi connectivity index (χ3n) is 4.68. The zero-order valence-corrected chi connectivity index (χ0v) is 16.0. The molecule has 0 radical (unpaired) electrons. The number of carbonyl (C=O) groups excluding carboxylic acids is 1. The Morgan fingerprint density at radius 3 is 2.35 bits per heavy atom. The van der Waals surface area contributed by atoms with Crippen LogP contribution < -0.4 is 5.01 Å². The monoisotopic (exact) mass is 413 g/mol. The predicted molar refractivity (Wildman–Crippen MR) is 115 cm³/mol. The maximum Gasteiger partial charge on any atom is 0.335 e. The number of nitro benzene ring substituents is 1. The van der Waals surface area contributed by atoms with Crippen LogP contribution >= 0.6 is 0 Å². The average molecular weight is 413 g/mol.